The number of ketones is 1. The van der Waals surface area contributed by atoms with Crippen LogP contribution in [0.15, 0.2) is 48.5 Å². The first-order chi connectivity index (χ1) is 16.3. The van der Waals surface area contributed by atoms with Gasteiger partial charge in [-0.3, -0.25) is 9.59 Å². The fourth-order valence-corrected chi connectivity index (χ4v) is 5.33. The number of aryl methyl sites for hydroxylation is 2. The molecule has 3 aromatic rings. The molecular formula is C27H28N2O4S. The summed E-state index contributed by atoms with van der Waals surface area (Å²) in [5.74, 6) is -1.12. The van der Waals surface area contributed by atoms with Gasteiger partial charge < -0.3 is 15.0 Å². The molecule has 0 saturated heterocycles. The molecule has 1 heterocycles. The highest BCUT2D eigenvalue weighted by atomic mass is 32.1. The van der Waals surface area contributed by atoms with Crippen LogP contribution in [0.2, 0.25) is 0 Å². The highest BCUT2D eigenvalue weighted by Gasteiger charge is 2.27. The minimum atomic E-state index is -0.569. The number of thiophene rings is 1. The smallest absolute Gasteiger partial charge is 0.338 e. The molecule has 0 atom stereocenters. The highest BCUT2D eigenvalue weighted by Crippen LogP contribution is 2.39. The summed E-state index contributed by atoms with van der Waals surface area (Å²) in [4.78, 5) is 41.6. The maximum Gasteiger partial charge on any atom is 0.338 e. The second-order valence-electron chi connectivity index (χ2n) is 8.68. The molecule has 176 valence electrons. The summed E-state index contributed by atoms with van der Waals surface area (Å²) < 4.78 is 5.25. The maximum atomic E-state index is 13.4. The zero-order valence-electron chi connectivity index (χ0n) is 19.6. The van der Waals surface area contributed by atoms with Crippen LogP contribution in [0.25, 0.3) is 0 Å². The zero-order chi connectivity index (χ0) is 24.2. The molecule has 0 spiro atoms. The molecule has 1 amide bonds. The van der Waals surface area contributed by atoms with E-state index in [1.165, 1.54) is 11.3 Å². The number of hydrogen-bond donors (Lipinski definition) is 1. The van der Waals surface area contributed by atoms with E-state index in [0.29, 0.717) is 21.7 Å². The number of carbonyl (C=O) groups is 3. The van der Waals surface area contributed by atoms with E-state index in [1.807, 2.05) is 56.3 Å². The molecule has 0 unspecified atom stereocenters. The van der Waals surface area contributed by atoms with Crippen molar-refractivity contribution in [1.29, 1.82) is 0 Å². The molecule has 1 aliphatic rings. The lowest BCUT2D eigenvalue weighted by molar-refractivity contribution is -0.119. The largest absolute Gasteiger partial charge is 0.452 e. The molecule has 0 saturated carbocycles. The minimum Gasteiger partial charge on any atom is -0.452 e. The number of hydrogen-bond acceptors (Lipinski definition) is 6. The van der Waals surface area contributed by atoms with Crippen molar-refractivity contribution in [2.24, 2.45) is 0 Å². The first kappa shape index (κ1) is 23.7. The van der Waals surface area contributed by atoms with E-state index in [0.717, 1.165) is 47.4 Å². The number of ether oxygens (including phenoxy) is 1. The maximum absolute atomic E-state index is 13.4. The lowest BCUT2D eigenvalue weighted by Crippen LogP contribution is -2.22. The van der Waals surface area contributed by atoms with Crippen LogP contribution in [0.1, 0.15) is 55.1 Å². The van der Waals surface area contributed by atoms with Crippen LogP contribution >= 0.6 is 11.3 Å². The number of rotatable bonds is 7. The van der Waals surface area contributed by atoms with Crippen molar-refractivity contribution in [2.45, 2.75) is 32.6 Å². The third-order valence-electron chi connectivity index (χ3n) is 5.90. The molecule has 4 rings (SSSR count). The van der Waals surface area contributed by atoms with Gasteiger partial charge in [-0.25, -0.2) is 4.79 Å². The first-order valence-corrected chi connectivity index (χ1v) is 12.2. The van der Waals surface area contributed by atoms with Crippen LogP contribution < -0.4 is 10.2 Å². The van der Waals surface area contributed by atoms with Crippen molar-refractivity contribution in [3.8, 4) is 0 Å². The fraction of sp³-hybridized carbons (Fsp3) is 0.296. The van der Waals surface area contributed by atoms with Crippen LogP contribution in [0, 0.1) is 6.92 Å². The van der Waals surface area contributed by atoms with Gasteiger partial charge in [-0.15, -0.1) is 11.3 Å². The Labute approximate surface area is 203 Å². The topological polar surface area (TPSA) is 75.7 Å². The van der Waals surface area contributed by atoms with Gasteiger partial charge in [0, 0.05) is 30.2 Å². The lowest BCUT2D eigenvalue weighted by atomic mass is 9.91. The zero-order valence-corrected chi connectivity index (χ0v) is 20.5. The summed E-state index contributed by atoms with van der Waals surface area (Å²) in [7, 11) is 3.77. The number of nitrogens with zero attached hydrogens (tertiary/aromatic N) is 1. The third-order valence-corrected chi connectivity index (χ3v) is 7.10. The Balaban J connectivity index is 1.50. The third kappa shape index (κ3) is 5.20. The van der Waals surface area contributed by atoms with Gasteiger partial charge in [0.15, 0.2) is 12.4 Å². The lowest BCUT2D eigenvalue weighted by Gasteiger charge is -2.13. The molecule has 6 nitrogen and oxygen atoms in total. The average molecular weight is 477 g/mol. The Hall–Kier alpha value is -3.45. The second kappa shape index (κ2) is 10.2. The van der Waals surface area contributed by atoms with E-state index in [9.17, 15) is 14.4 Å². The highest BCUT2D eigenvalue weighted by molar-refractivity contribution is 7.17. The molecule has 0 aliphatic heterocycles. The van der Waals surface area contributed by atoms with Crippen molar-refractivity contribution in [2.75, 3.05) is 30.9 Å². The normalized spacial score (nSPS) is 12.6. The van der Waals surface area contributed by atoms with Gasteiger partial charge in [0.05, 0.1) is 11.1 Å². The van der Waals surface area contributed by atoms with E-state index in [1.54, 1.807) is 18.2 Å². The minimum absolute atomic E-state index is 0.0906. The number of carbonyl (C=O) groups excluding carboxylic acids is 3. The molecule has 0 fully saturated rings. The molecule has 1 N–H and O–H groups in total. The van der Waals surface area contributed by atoms with Crippen molar-refractivity contribution in [3.05, 3.63) is 81.2 Å². The number of benzene rings is 2. The van der Waals surface area contributed by atoms with Gasteiger partial charge in [-0.1, -0.05) is 35.9 Å². The molecule has 1 aliphatic carbocycles. The van der Waals surface area contributed by atoms with Gasteiger partial charge in [0.2, 0.25) is 0 Å². The Morgan fingerprint density at radius 1 is 1.00 bits per heavy atom. The van der Waals surface area contributed by atoms with Gasteiger partial charge in [-0.2, -0.15) is 0 Å². The van der Waals surface area contributed by atoms with Crippen molar-refractivity contribution in [1.82, 2.24) is 0 Å². The van der Waals surface area contributed by atoms with E-state index >= 15 is 0 Å². The van der Waals surface area contributed by atoms with Crippen LogP contribution in [-0.2, 0) is 22.4 Å². The predicted octanol–water partition coefficient (Wildman–Crippen LogP) is 5.03. The van der Waals surface area contributed by atoms with E-state index < -0.39 is 18.5 Å². The molecule has 0 radical (unpaired) electrons. The standard InChI is InChI=1S/C27H28N2O4S/c1-17-11-13-18(14-12-17)25(31)24-21-9-4-5-10-22(21)34-26(24)28-23(30)16-33-27(32)19-7-6-8-20(15-19)29(2)3/h6-8,11-15H,4-5,9-10,16H2,1-3H3,(H,28,30). The van der Waals surface area contributed by atoms with Crippen molar-refractivity contribution < 1.29 is 19.1 Å². The van der Waals surface area contributed by atoms with Gasteiger partial charge in [0.1, 0.15) is 5.00 Å². The Kier molecular flexibility index (Phi) is 7.12. The SMILES string of the molecule is Cc1ccc(C(=O)c2c(NC(=O)COC(=O)c3cccc(N(C)C)c3)sc3c2CCCC3)cc1. The summed E-state index contributed by atoms with van der Waals surface area (Å²) in [6, 6.07) is 14.5. The average Bonchev–Trinajstić information content (AvgIpc) is 3.20. The number of nitrogens with one attached hydrogen (secondary N) is 1. The van der Waals surface area contributed by atoms with Gasteiger partial charge in [-0.05, 0) is 56.4 Å². The Morgan fingerprint density at radius 2 is 1.74 bits per heavy atom. The summed E-state index contributed by atoms with van der Waals surface area (Å²) >= 11 is 1.45. The van der Waals surface area contributed by atoms with E-state index in [-0.39, 0.29) is 5.78 Å². The number of esters is 1. The van der Waals surface area contributed by atoms with Gasteiger partial charge in [0.25, 0.3) is 5.91 Å². The fourth-order valence-electron chi connectivity index (χ4n) is 4.03. The number of amides is 1. The molecular weight excluding hydrogens is 448 g/mol. The number of anilines is 2. The van der Waals surface area contributed by atoms with Crippen LogP contribution in [0.3, 0.4) is 0 Å². The van der Waals surface area contributed by atoms with E-state index in [2.05, 4.69) is 5.32 Å². The monoisotopic (exact) mass is 476 g/mol. The molecule has 0 bridgehead atoms. The molecule has 7 heteroatoms. The first-order valence-electron chi connectivity index (χ1n) is 11.3. The van der Waals surface area contributed by atoms with Crippen LogP contribution in [0.5, 0.6) is 0 Å². The van der Waals surface area contributed by atoms with Gasteiger partial charge >= 0.3 is 5.97 Å². The van der Waals surface area contributed by atoms with E-state index in [4.69, 9.17) is 4.74 Å². The molecule has 34 heavy (non-hydrogen) atoms. The Morgan fingerprint density at radius 3 is 2.47 bits per heavy atom. The van der Waals surface area contributed by atoms with Crippen LogP contribution in [-0.4, -0.2) is 38.4 Å². The quantitative estimate of drug-likeness (QED) is 0.382. The second-order valence-corrected chi connectivity index (χ2v) is 9.78. The predicted molar refractivity (Wildman–Crippen MR) is 135 cm³/mol. The summed E-state index contributed by atoms with van der Waals surface area (Å²) in [5.41, 5.74) is 4.52. The van der Waals surface area contributed by atoms with Crippen molar-refractivity contribution in [3.63, 3.8) is 0 Å². The number of fused-ring (bicyclic) bond motifs is 1. The Bertz CT molecular complexity index is 1230. The van der Waals surface area contributed by atoms with Crippen LogP contribution in [0.4, 0.5) is 10.7 Å². The summed E-state index contributed by atoms with van der Waals surface area (Å²) in [6.45, 7) is 1.55. The van der Waals surface area contributed by atoms with Crippen molar-refractivity contribution >= 4 is 39.7 Å². The summed E-state index contributed by atoms with van der Waals surface area (Å²) in [6.07, 6.45) is 3.82. The molecule has 2 aromatic carbocycles. The molecule has 1 aromatic heterocycles. The summed E-state index contributed by atoms with van der Waals surface area (Å²) in [5, 5.41) is 3.37.